The number of ether oxygens (including phenoxy) is 1. The molecule has 4 heteroatoms. The van der Waals surface area contributed by atoms with Crippen LogP contribution < -0.4 is 5.73 Å². The molecule has 14 heavy (non-hydrogen) atoms. The lowest BCUT2D eigenvalue weighted by Gasteiger charge is -2.19. The first kappa shape index (κ1) is 11.2. The second kappa shape index (κ2) is 4.11. The molecule has 78 valence electrons. The maximum atomic E-state index is 11.2. The van der Waals surface area contributed by atoms with Crippen LogP contribution in [0.15, 0.2) is 11.4 Å². The van der Waals surface area contributed by atoms with Crippen molar-refractivity contribution in [3.05, 3.63) is 21.9 Å². The molecule has 3 nitrogen and oxygen atoms in total. The van der Waals surface area contributed by atoms with Crippen LogP contribution in [0.5, 0.6) is 0 Å². The average Bonchev–Trinajstić information content (AvgIpc) is 2.66. The van der Waals surface area contributed by atoms with E-state index < -0.39 is 0 Å². The third-order valence-corrected chi connectivity index (χ3v) is 3.49. The summed E-state index contributed by atoms with van der Waals surface area (Å²) in [6.07, 6.45) is 0. The van der Waals surface area contributed by atoms with E-state index in [1.807, 2.05) is 6.07 Å². The Morgan fingerprint density at radius 2 is 2.29 bits per heavy atom. The van der Waals surface area contributed by atoms with Crippen LogP contribution in [0, 0.1) is 0 Å². The van der Waals surface area contributed by atoms with Gasteiger partial charge < -0.3 is 10.5 Å². The Hall–Kier alpha value is -0.870. The lowest BCUT2D eigenvalue weighted by atomic mass is 9.91. The first-order chi connectivity index (χ1) is 6.51. The highest BCUT2D eigenvalue weighted by Crippen LogP contribution is 2.28. The van der Waals surface area contributed by atoms with Crippen molar-refractivity contribution in [3.63, 3.8) is 0 Å². The maximum absolute atomic E-state index is 11.2. The second-order valence-electron chi connectivity index (χ2n) is 3.78. The quantitative estimate of drug-likeness (QED) is 0.778. The minimum Gasteiger partial charge on any atom is -0.465 e. The Morgan fingerprint density at radius 1 is 1.64 bits per heavy atom. The Bertz CT molecular complexity index is 331. The van der Waals surface area contributed by atoms with Crippen LogP contribution in [-0.2, 0) is 10.2 Å². The summed E-state index contributed by atoms with van der Waals surface area (Å²) in [7, 11) is 1.38. The Labute approximate surface area is 87.9 Å². The second-order valence-corrected chi connectivity index (χ2v) is 4.69. The molecule has 0 atom stereocenters. The molecule has 0 amide bonds. The molecule has 0 bridgehead atoms. The van der Waals surface area contributed by atoms with Crippen LogP contribution in [0.2, 0.25) is 0 Å². The number of carbonyl (C=O) groups is 1. The van der Waals surface area contributed by atoms with Crippen LogP contribution in [0.3, 0.4) is 0 Å². The smallest absolute Gasteiger partial charge is 0.338 e. The van der Waals surface area contributed by atoms with Gasteiger partial charge in [-0.05, 0) is 6.07 Å². The van der Waals surface area contributed by atoms with E-state index in [0.717, 1.165) is 4.88 Å². The molecule has 0 radical (unpaired) electrons. The summed E-state index contributed by atoms with van der Waals surface area (Å²) >= 11 is 1.54. The maximum Gasteiger partial charge on any atom is 0.338 e. The largest absolute Gasteiger partial charge is 0.465 e. The van der Waals surface area contributed by atoms with Crippen molar-refractivity contribution in [2.75, 3.05) is 13.7 Å². The fourth-order valence-corrected chi connectivity index (χ4v) is 2.03. The summed E-state index contributed by atoms with van der Waals surface area (Å²) in [6, 6.07) is 1.85. The summed E-state index contributed by atoms with van der Waals surface area (Å²) in [5.74, 6) is -0.291. The predicted molar refractivity (Wildman–Crippen MR) is 57.7 cm³/mol. The lowest BCUT2D eigenvalue weighted by molar-refractivity contribution is 0.0601. The lowest BCUT2D eigenvalue weighted by Crippen LogP contribution is -2.26. The summed E-state index contributed by atoms with van der Waals surface area (Å²) in [6.45, 7) is 4.67. The van der Waals surface area contributed by atoms with Gasteiger partial charge in [0, 0.05) is 22.2 Å². The van der Waals surface area contributed by atoms with Gasteiger partial charge in [0.15, 0.2) is 0 Å². The van der Waals surface area contributed by atoms with Gasteiger partial charge in [-0.3, -0.25) is 0 Å². The van der Waals surface area contributed by atoms with Gasteiger partial charge in [0.05, 0.1) is 12.7 Å². The van der Waals surface area contributed by atoms with Crippen LogP contribution in [0.25, 0.3) is 0 Å². The van der Waals surface area contributed by atoms with Gasteiger partial charge in [-0.25, -0.2) is 4.79 Å². The average molecular weight is 213 g/mol. The van der Waals surface area contributed by atoms with Crippen molar-refractivity contribution in [3.8, 4) is 0 Å². The van der Waals surface area contributed by atoms with Crippen LogP contribution >= 0.6 is 11.3 Å². The molecule has 1 rings (SSSR count). The number of hydrogen-bond acceptors (Lipinski definition) is 4. The molecular weight excluding hydrogens is 198 g/mol. The fraction of sp³-hybridized carbons (Fsp3) is 0.500. The fourth-order valence-electron chi connectivity index (χ4n) is 1.02. The molecule has 0 aliphatic carbocycles. The first-order valence-corrected chi connectivity index (χ1v) is 5.26. The molecule has 1 aromatic heterocycles. The Balaban J connectivity index is 2.93. The summed E-state index contributed by atoms with van der Waals surface area (Å²) in [4.78, 5) is 12.3. The molecule has 0 aliphatic rings. The van der Waals surface area contributed by atoms with E-state index in [-0.39, 0.29) is 11.4 Å². The molecule has 1 aromatic rings. The van der Waals surface area contributed by atoms with Crippen molar-refractivity contribution in [2.45, 2.75) is 19.3 Å². The zero-order chi connectivity index (χ0) is 10.8. The standard InChI is InChI=1S/C10H15NO2S/c1-10(2,6-11)8-4-7(5-14-8)9(12)13-3/h4-5H,6,11H2,1-3H3. The van der Waals surface area contributed by atoms with Gasteiger partial charge in [0.25, 0.3) is 0 Å². The van der Waals surface area contributed by atoms with E-state index in [4.69, 9.17) is 5.73 Å². The monoisotopic (exact) mass is 213 g/mol. The predicted octanol–water partition coefficient (Wildman–Crippen LogP) is 1.77. The van der Waals surface area contributed by atoms with Crippen LogP contribution in [-0.4, -0.2) is 19.6 Å². The molecule has 0 saturated heterocycles. The van der Waals surface area contributed by atoms with E-state index in [9.17, 15) is 4.79 Å². The number of rotatable bonds is 3. The molecule has 0 aliphatic heterocycles. The van der Waals surface area contributed by atoms with Crippen molar-refractivity contribution in [1.82, 2.24) is 0 Å². The Kier molecular flexibility index (Phi) is 3.29. The highest BCUT2D eigenvalue weighted by atomic mass is 32.1. The van der Waals surface area contributed by atoms with E-state index in [1.54, 1.807) is 16.7 Å². The molecule has 0 fully saturated rings. The van der Waals surface area contributed by atoms with Gasteiger partial charge >= 0.3 is 5.97 Å². The molecule has 1 heterocycles. The number of hydrogen-bond donors (Lipinski definition) is 1. The molecular formula is C10H15NO2S. The number of nitrogens with two attached hydrogens (primary N) is 1. The van der Waals surface area contributed by atoms with E-state index in [1.165, 1.54) is 7.11 Å². The topological polar surface area (TPSA) is 52.3 Å². The van der Waals surface area contributed by atoms with Crippen molar-refractivity contribution < 1.29 is 9.53 Å². The number of thiophene rings is 1. The van der Waals surface area contributed by atoms with E-state index in [2.05, 4.69) is 18.6 Å². The third-order valence-electron chi connectivity index (χ3n) is 2.20. The number of carbonyl (C=O) groups excluding carboxylic acids is 1. The highest BCUT2D eigenvalue weighted by molar-refractivity contribution is 7.10. The van der Waals surface area contributed by atoms with Crippen molar-refractivity contribution in [2.24, 2.45) is 5.73 Å². The molecule has 0 saturated carbocycles. The summed E-state index contributed by atoms with van der Waals surface area (Å²) in [5, 5.41) is 1.80. The van der Waals surface area contributed by atoms with Crippen LogP contribution in [0.1, 0.15) is 29.1 Å². The van der Waals surface area contributed by atoms with Gasteiger partial charge in [0.1, 0.15) is 0 Å². The number of methoxy groups -OCH3 is 1. The third kappa shape index (κ3) is 2.13. The first-order valence-electron chi connectivity index (χ1n) is 4.38. The van der Waals surface area contributed by atoms with E-state index >= 15 is 0 Å². The molecule has 0 unspecified atom stereocenters. The van der Waals surface area contributed by atoms with Gasteiger partial charge in [-0.2, -0.15) is 0 Å². The zero-order valence-electron chi connectivity index (χ0n) is 8.66. The van der Waals surface area contributed by atoms with Crippen LogP contribution in [0.4, 0.5) is 0 Å². The normalized spacial score (nSPS) is 11.4. The Morgan fingerprint density at radius 3 is 2.79 bits per heavy atom. The minimum absolute atomic E-state index is 0.0725. The summed E-state index contributed by atoms with van der Waals surface area (Å²) < 4.78 is 4.63. The zero-order valence-corrected chi connectivity index (χ0v) is 9.48. The molecule has 0 spiro atoms. The SMILES string of the molecule is COC(=O)c1csc(C(C)(C)CN)c1. The van der Waals surface area contributed by atoms with Crippen molar-refractivity contribution >= 4 is 17.3 Å². The van der Waals surface area contributed by atoms with Gasteiger partial charge in [0.2, 0.25) is 0 Å². The van der Waals surface area contributed by atoms with Gasteiger partial charge in [-0.15, -0.1) is 11.3 Å². The number of esters is 1. The highest BCUT2D eigenvalue weighted by Gasteiger charge is 2.22. The van der Waals surface area contributed by atoms with Crippen molar-refractivity contribution in [1.29, 1.82) is 0 Å². The summed E-state index contributed by atoms with van der Waals surface area (Å²) in [5.41, 5.74) is 6.18. The van der Waals surface area contributed by atoms with Gasteiger partial charge in [-0.1, -0.05) is 13.8 Å². The molecule has 0 aromatic carbocycles. The van der Waals surface area contributed by atoms with E-state index in [0.29, 0.717) is 12.1 Å². The molecule has 2 N–H and O–H groups in total. The minimum atomic E-state index is -0.291.